The van der Waals surface area contributed by atoms with E-state index in [-0.39, 0.29) is 5.91 Å². The first-order valence-electron chi connectivity index (χ1n) is 9.06. The Hall–Kier alpha value is -1.06. The molecule has 4 saturated carbocycles. The SMILES string of the molecule is CC(=O)N1CCN(C(=O)CC23CC4CC(CC(C4)C2)C3)CC1. The molecule has 22 heavy (non-hydrogen) atoms. The zero-order valence-electron chi connectivity index (χ0n) is 13.7. The number of amides is 2. The highest BCUT2D eigenvalue weighted by molar-refractivity contribution is 5.78. The molecule has 0 radical (unpaired) electrons. The smallest absolute Gasteiger partial charge is 0.223 e. The molecule has 122 valence electrons. The van der Waals surface area contributed by atoms with Crippen LogP contribution in [0.2, 0.25) is 0 Å². The van der Waals surface area contributed by atoms with Crippen molar-refractivity contribution < 1.29 is 9.59 Å². The first kappa shape index (κ1) is 14.5. The summed E-state index contributed by atoms with van der Waals surface area (Å²) in [5.41, 5.74) is 0.337. The number of hydrogen-bond acceptors (Lipinski definition) is 2. The molecule has 0 atom stereocenters. The van der Waals surface area contributed by atoms with Gasteiger partial charge in [0.25, 0.3) is 0 Å². The van der Waals surface area contributed by atoms with Gasteiger partial charge >= 0.3 is 0 Å². The lowest BCUT2D eigenvalue weighted by Gasteiger charge is -2.57. The van der Waals surface area contributed by atoms with Crippen LogP contribution in [-0.4, -0.2) is 47.8 Å². The Kier molecular flexibility index (Phi) is 3.46. The van der Waals surface area contributed by atoms with Crippen molar-refractivity contribution in [2.45, 2.75) is 51.9 Å². The van der Waals surface area contributed by atoms with Gasteiger partial charge in [0, 0.05) is 39.5 Å². The van der Waals surface area contributed by atoms with Crippen molar-refractivity contribution in [1.29, 1.82) is 0 Å². The number of hydrogen-bond donors (Lipinski definition) is 0. The highest BCUT2D eigenvalue weighted by Crippen LogP contribution is 2.61. The molecule has 0 unspecified atom stereocenters. The van der Waals surface area contributed by atoms with E-state index in [0.29, 0.717) is 24.4 Å². The Morgan fingerprint density at radius 2 is 1.32 bits per heavy atom. The third kappa shape index (κ3) is 2.55. The van der Waals surface area contributed by atoms with E-state index < -0.39 is 0 Å². The van der Waals surface area contributed by atoms with Crippen LogP contribution in [0.3, 0.4) is 0 Å². The van der Waals surface area contributed by atoms with Crippen molar-refractivity contribution in [3.8, 4) is 0 Å². The zero-order valence-corrected chi connectivity index (χ0v) is 13.7. The predicted octanol–water partition coefficient (Wildman–Crippen LogP) is 2.28. The van der Waals surface area contributed by atoms with Gasteiger partial charge in [0.1, 0.15) is 0 Å². The fourth-order valence-corrected chi connectivity index (χ4v) is 6.21. The molecule has 4 heteroatoms. The van der Waals surface area contributed by atoms with Crippen LogP contribution in [0, 0.1) is 23.2 Å². The Morgan fingerprint density at radius 3 is 1.77 bits per heavy atom. The zero-order chi connectivity index (χ0) is 15.3. The summed E-state index contributed by atoms with van der Waals surface area (Å²) in [6.07, 6.45) is 8.99. The van der Waals surface area contributed by atoms with Crippen LogP contribution in [0.5, 0.6) is 0 Å². The molecule has 4 aliphatic carbocycles. The van der Waals surface area contributed by atoms with Crippen molar-refractivity contribution in [3.63, 3.8) is 0 Å². The summed E-state index contributed by atoms with van der Waals surface area (Å²) in [5.74, 6) is 3.22. The van der Waals surface area contributed by atoms with E-state index in [1.807, 2.05) is 9.80 Å². The number of carbonyl (C=O) groups is 2. The first-order chi connectivity index (χ1) is 10.5. The second-order valence-corrected chi connectivity index (χ2v) is 8.48. The van der Waals surface area contributed by atoms with Crippen LogP contribution in [0.25, 0.3) is 0 Å². The summed E-state index contributed by atoms with van der Waals surface area (Å²) >= 11 is 0. The Bertz CT molecular complexity index is 444. The molecule has 0 N–H and O–H groups in total. The molecule has 5 fully saturated rings. The van der Waals surface area contributed by atoms with Gasteiger partial charge in [0.2, 0.25) is 11.8 Å². The maximum Gasteiger partial charge on any atom is 0.223 e. The van der Waals surface area contributed by atoms with E-state index in [1.165, 1.54) is 38.5 Å². The van der Waals surface area contributed by atoms with Crippen molar-refractivity contribution in [2.75, 3.05) is 26.2 Å². The average Bonchev–Trinajstić information content (AvgIpc) is 2.45. The summed E-state index contributed by atoms with van der Waals surface area (Å²) < 4.78 is 0. The van der Waals surface area contributed by atoms with E-state index >= 15 is 0 Å². The van der Waals surface area contributed by atoms with E-state index in [4.69, 9.17) is 0 Å². The van der Waals surface area contributed by atoms with Crippen LogP contribution in [-0.2, 0) is 9.59 Å². The van der Waals surface area contributed by atoms with Gasteiger partial charge in [-0.1, -0.05) is 0 Å². The number of rotatable bonds is 2. The molecule has 0 spiro atoms. The third-order valence-corrected chi connectivity index (χ3v) is 6.77. The van der Waals surface area contributed by atoms with Gasteiger partial charge in [-0.05, 0) is 61.7 Å². The fourth-order valence-electron chi connectivity index (χ4n) is 6.21. The Balaban J connectivity index is 1.37. The lowest BCUT2D eigenvalue weighted by atomic mass is 9.49. The second kappa shape index (κ2) is 5.24. The largest absolute Gasteiger partial charge is 0.339 e. The van der Waals surface area contributed by atoms with Gasteiger partial charge in [0.15, 0.2) is 0 Å². The van der Waals surface area contributed by atoms with Gasteiger partial charge < -0.3 is 9.80 Å². The van der Waals surface area contributed by atoms with Gasteiger partial charge in [-0.15, -0.1) is 0 Å². The molecule has 1 aliphatic heterocycles. The van der Waals surface area contributed by atoms with E-state index in [2.05, 4.69) is 0 Å². The van der Waals surface area contributed by atoms with E-state index in [1.54, 1.807) is 6.92 Å². The molecule has 4 bridgehead atoms. The van der Waals surface area contributed by atoms with Gasteiger partial charge in [-0.2, -0.15) is 0 Å². The minimum absolute atomic E-state index is 0.133. The number of carbonyl (C=O) groups excluding carboxylic acids is 2. The molecule has 2 amide bonds. The quantitative estimate of drug-likeness (QED) is 0.785. The van der Waals surface area contributed by atoms with Crippen molar-refractivity contribution in [2.24, 2.45) is 23.2 Å². The van der Waals surface area contributed by atoms with Crippen molar-refractivity contribution in [3.05, 3.63) is 0 Å². The third-order valence-electron chi connectivity index (χ3n) is 6.77. The number of piperazine rings is 1. The van der Waals surface area contributed by atoms with Crippen LogP contribution >= 0.6 is 0 Å². The average molecular weight is 304 g/mol. The minimum atomic E-state index is 0.133. The van der Waals surface area contributed by atoms with Crippen LogP contribution in [0.4, 0.5) is 0 Å². The highest BCUT2D eigenvalue weighted by atomic mass is 16.2. The maximum atomic E-state index is 12.8. The van der Waals surface area contributed by atoms with Crippen LogP contribution in [0.1, 0.15) is 51.9 Å². The molecule has 0 aromatic heterocycles. The first-order valence-corrected chi connectivity index (χ1v) is 9.06. The summed E-state index contributed by atoms with van der Waals surface area (Å²) in [4.78, 5) is 28.0. The molecule has 0 aromatic rings. The Morgan fingerprint density at radius 1 is 0.864 bits per heavy atom. The monoisotopic (exact) mass is 304 g/mol. The summed E-state index contributed by atoms with van der Waals surface area (Å²) in [6.45, 7) is 4.49. The minimum Gasteiger partial charge on any atom is -0.339 e. The number of nitrogens with zero attached hydrogens (tertiary/aromatic N) is 2. The summed E-state index contributed by atoms with van der Waals surface area (Å²) in [6, 6.07) is 0. The normalized spacial score (nSPS) is 40.1. The molecule has 1 heterocycles. The molecular weight excluding hydrogens is 276 g/mol. The molecule has 5 rings (SSSR count). The Labute approximate surface area is 133 Å². The van der Waals surface area contributed by atoms with Crippen LogP contribution in [0.15, 0.2) is 0 Å². The maximum absolute atomic E-state index is 12.8. The van der Waals surface area contributed by atoms with Crippen LogP contribution < -0.4 is 0 Å². The highest BCUT2D eigenvalue weighted by Gasteiger charge is 2.51. The fraction of sp³-hybridized carbons (Fsp3) is 0.889. The molecule has 4 nitrogen and oxygen atoms in total. The molecule has 0 aromatic carbocycles. The summed E-state index contributed by atoms with van der Waals surface area (Å²) in [5, 5.41) is 0. The van der Waals surface area contributed by atoms with Gasteiger partial charge in [0.05, 0.1) is 0 Å². The topological polar surface area (TPSA) is 40.6 Å². The van der Waals surface area contributed by atoms with Gasteiger partial charge in [-0.3, -0.25) is 9.59 Å². The molecule has 5 aliphatic rings. The van der Waals surface area contributed by atoms with Crippen molar-refractivity contribution in [1.82, 2.24) is 9.80 Å². The lowest BCUT2D eigenvalue weighted by Crippen LogP contribution is -2.52. The van der Waals surface area contributed by atoms with E-state index in [0.717, 1.165) is 37.3 Å². The summed E-state index contributed by atoms with van der Waals surface area (Å²) in [7, 11) is 0. The van der Waals surface area contributed by atoms with Gasteiger partial charge in [-0.25, -0.2) is 0 Å². The van der Waals surface area contributed by atoms with Crippen molar-refractivity contribution >= 4 is 11.8 Å². The molecular formula is C18H28N2O2. The second-order valence-electron chi connectivity index (χ2n) is 8.48. The lowest BCUT2D eigenvalue weighted by molar-refractivity contribution is -0.144. The van der Waals surface area contributed by atoms with E-state index in [9.17, 15) is 9.59 Å². The standard InChI is InChI=1S/C18H28N2O2/c1-13(21)19-2-4-20(5-3-19)17(22)12-18-9-14-6-15(10-18)8-16(7-14)11-18/h14-16H,2-12H2,1H3. The predicted molar refractivity (Wildman–Crippen MR) is 84.1 cm³/mol. The molecule has 1 saturated heterocycles.